The Labute approximate surface area is 105 Å². The first-order chi connectivity index (χ1) is 8.18. The maximum atomic E-state index is 12.5. The Morgan fingerprint density at radius 3 is 2.65 bits per heavy atom. The van der Waals surface area contributed by atoms with Crippen LogP contribution in [0.2, 0.25) is 0 Å². The molecule has 0 spiro atoms. The summed E-state index contributed by atoms with van der Waals surface area (Å²) in [7, 11) is 0. The summed E-state index contributed by atoms with van der Waals surface area (Å²) in [4.78, 5) is 14.7. The molecule has 3 atom stereocenters. The maximum Gasteiger partial charge on any atom is 0.239 e. The van der Waals surface area contributed by atoms with E-state index in [1.807, 2.05) is 0 Å². The van der Waals surface area contributed by atoms with Gasteiger partial charge in [-0.2, -0.15) is 0 Å². The van der Waals surface area contributed by atoms with Gasteiger partial charge in [-0.25, -0.2) is 0 Å². The second-order valence-electron chi connectivity index (χ2n) is 5.78. The molecule has 0 aromatic heterocycles. The molecule has 0 aromatic carbocycles. The molecule has 1 amide bonds. The average Bonchev–Trinajstić information content (AvgIpc) is 2.53. The summed E-state index contributed by atoms with van der Waals surface area (Å²) in [6.07, 6.45) is 8.33. The number of nitrogens with zero attached hydrogens (tertiary/aromatic N) is 1. The molecule has 3 heteroatoms. The van der Waals surface area contributed by atoms with E-state index in [1.54, 1.807) is 0 Å². The standard InChI is InChI=1S/C14H26N2O/c1-11-7-6-9-13(15-11)14(17)16-10-5-3-4-8-12(16)2/h11-13,15H,3-10H2,1-2H3. The summed E-state index contributed by atoms with van der Waals surface area (Å²) in [5.41, 5.74) is 0. The van der Waals surface area contributed by atoms with Gasteiger partial charge >= 0.3 is 0 Å². The van der Waals surface area contributed by atoms with Crippen LogP contribution >= 0.6 is 0 Å². The van der Waals surface area contributed by atoms with Gasteiger partial charge in [-0.15, -0.1) is 0 Å². The number of carbonyl (C=O) groups is 1. The molecule has 2 aliphatic rings. The van der Waals surface area contributed by atoms with Gasteiger partial charge in [0.05, 0.1) is 6.04 Å². The van der Waals surface area contributed by atoms with Crippen LogP contribution in [0.4, 0.5) is 0 Å². The summed E-state index contributed by atoms with van der Waals surface area (Å²) in [6, 6.07) is 1.02. The van der Waals surface area contributed by atoms with E-state index in [2.05, 4.69) is 24.1 Å². The number of amides is 1. The lowest BCUT2D eigenvalue weighted by atomic mass is 9.98. The first kappa shape index (κ1) is 12.9. The van der Waals surface area contributed by atoms with Crippen LogP contribution in [0.5, 0.6) is 0 Å². The van der Waals surface area contributed by atoms with Crippen molar-refractivity contribution in [2.75, 3.05) is 6.54 Å². The minimum atomic E-state index is 0.0827. The smallest absolute Gasteiger partial charge is 0.239 e. The zero-order valence-corrected chi connectivity index (χ0v) is 11.2. The highest BCUT2D eigenvalue weighted by molar-refractivity contribution is 5.82. The zero-order valence-electron chi connectivity index (χ0n) is 11.2. The Kier molecular flexibility index (Phi) is 4.43. The van der Waals surface area contributed by atoms with E-state index in [0.717, 1.165) is 13.0 Å². The van der Waals surface area contributed by atoms with E-state index in [-0.39, 0.29) is 6.04 Å². The summed E-state index contributed by atoms with van der Waals surface area (Å²) in [6.45, 7) is 5.35. The van der Waals surface area contributed by atoms with Crippen molar-refractivity contribution in [1.29, 1.82) is 0 Å². The molecule has 0 bridgehead atoms. The summed E-state index contributed by atoms with van der Waals surface area (Å²) >= 11 is 0. The van der Waals surface area contributed by atoms with Crippen LogP contribution in [0.3, 0.4) is 0 Å². The van der Waals surface area contributed by atoms with E-state index in [0.29, 0.717) is 18.0 Å². The molecule has 2 saturated heterocycles. The second kappa shape index (κ2) is 5.85. The van der Waals surface area contributed by atoms with Gasteiger partial charge in [0.2, 0.25) is 5.91 Å². The van der Waals surface area contributed by atoms with E-state index in [1.165, 1.54) is 38.5 Å². The maximum absolute atomic E-state index is 12.5. The topological polar surface area (TPSA) is 32.3 Å². The molecule has 1 N–H and O–H groups in total. The van der Waals surface area contributed by atoms with Crippen molar-refractivity contribution < 1.29 is 4.79 Å². The molecule has 0 radical (unpaired) electrons. The van der Waals surface area contributed by atoms with Gasteiger partial charge in [0.25, 0.3) is 0 Å². The third-order valence-electron chi connectivity index (χ3n) is 4.25. The molecule has 3 unspecified atom stereocenters. The van der Waals surface area contributed by atoms with Gasteiger partial charge in [-0.3, -0.25) is 4.79 Å². The van der Waals surface area contributed by atoms with Crippen molar-refractivity contribution in [3.63, 3.8) is 0 Å². The Bertz CT molecular complexity index is 267. The predicted molar refractivity (Wildman–Crippen MR) is 69.9 cm³/mol. The molecular weight excluding hydrogens is 212 g/mol. The van der Waals surface area contributed by atoms with Gasteiger partial charge in [-0.1, -0.05) is 12.8 Å². The highest BCUT2D eigenvalue weighted by Crippen LogP contribution is 2.20. The van der Waals surface area contributed by atoms with Crippen molar-refractivity contribution in [1.82, 2.24) is 10.2 Å². The Morgan fingerprint density at radius 1 is 1.06 bits per heavy atom. The van der Waals surface area contributed by atoms with Crippen LogP contribution in [0, 0.1) is 0 Å². The van der Waals surface area contributed by atoms with Gasteiger partial charge in [0, 0.05) is 18.6 Å². The number of hydrogen-bond donors (Lipinski definition) is 1. The van der Waals surface area contributed by atoms with Crippen molar-refractivity contribution in [3.8, 4) is 0 Å². The average molecular weight is 238 g/mol. The number of hydrogen-bond acceptors (Lipinski definition) is 2. The zero-order chi connectivity index (χ0) is 12.3. The molecule has 2 heterocycles. The number of likely N-dealkylation sites (tertiary alicyclic amines) is 1. The quantitative estimate of drug-likeness (QED) is 0.760. The number of nitrogens with one attached hydrogen (secondary N) is 1. The normalized spacial score (nSPS) is 35.4. The van der Waals surface area contributed by atoms with Gasteiger partial charge in [-0.05, 0) is 46.0 Å². The van der Waals surface area contributed by atoms with Gasteiger partial charge in [0.1, 0.15) is 0 Å². The summed E-state index contributed by atoms with van der Waals surface area (Å²) < 4.78 is 0. The largest absolute Gasteiger partial charge is 0.339 e. The molecule has 2 aliphatic heterocycles. The van der Waals surface area contributed by atoms with Crippen molar-refractivity contribution in [3.05, 3.63) is 0 Å². The molecule has 2 fully saturated rings. The second-order valence-corrected chi connectivity index (χ2v) is 5.78. The molecule has 17 heavy (non-hydrogen) atoms. The van der Waals surface area contributed by atoms with Crippen molar-refractivity contribution in [2.24, 2.45) is 0 Å². The highest BCUT2D eigenvalue weighted by atomic mass is 16.2. The molecule has 2 rings (SSSR count). The fourth-order valence-electron chi connectivity index (χ4n) is 3.14. The van der Waals surface area contributed by atoms with Crippen LogP contribution < -0.4 is 5.32 Å². The Hall–Kier alpha value is -0.570. The monoisotopic (exact) mass is 238 g/mol. The fraction of sp³-hybridized carbons (Fsp3) is 0.929. The number of piperidine rings is 1. The lowest BCUT2D eigenvalue weighted by Gasteiger charge is -2.35. The van der Waals surface area contributed by atoms with Crippen LogP contribution in [-0.2, 0) is 4.79 Å². The lowest BCUT2D eigenvalue weighted by Crippen LogP contribution is -2.53. The first-order valence-electron chi connectivity index (χ1n) is 7.25. The van der Waals surface area contributed by atoms with Crippen LogP contribution in [-0.4, -0.2) is 35.5 Å². The van der Waals surface area contributed by atoms with Crippen LogP contribution in [0.25, 0.3) is 0 Å². The molecule has 0 aromatic rings. The van der Waals surface area contributed by atoms with E-state index >= 15 is 0 Å². The Balaban J connectivity index is 1.97. The van der Waals surface area contributed by atoms with E-state index < -0.39 is 0 Å². The van der Waals surface area contributed by atoms with Gasteiger partial charge in [0.15, 0.2) is 0 Å². The fourth-order valence-corrected chi connectivity index (χ4v) is 3.14. The third kappa shape index (κ3) is 3.21. The first-order valence-corrected chi connectivity index (χ1v) is 7.25. The van der Waals surface area contributed by atoms with E-state index in [4.69, 9.17) is 0 Å². The van der Waals surface area contributed by atoms with Crippen LogP contribution in [0.15, 0.2) is 0 Å². The molecule has 0 saturated carbocycles. The minimum Gasteiger partial charge on any atom is -0.339 e. The predicted octanol–water partition coefficient (Wildman–Crippen LogP) is 2.31. The van der Waals surface area contributed by atoms with Gasteiger partial charge < -0.3 is 10.2 Å². The lowest BCUT2D eigenvalue weighted by molar-refractivity contribution is -0.136. The van der Waals surface area contributed by atoms with Crippen LogP contribution in [0.1, 0.15) is 58.8 Å². The van der Waals surface area contributed by atoms with Crippen molar-refractivity contribution in [2.45, 2.75) is 76.9 Å². The van der Waals surface area contributed by atoms with E-state index in [9.17, 15) is 4.79 Å². The minimum absolute atomic E-state index is 0.0827. The summed E-state index contributed by atoms with van der Waals surface area (Å²) in [5, 5.41) is 3.46. The highest BCUT2D eigenvalue weighted by Gasteiger charge is 2.30. The third-order valence-corrected chi connectivity index (χ3v) is 4.25. The number of rotatable bonds is 1. The van der Waals surface area contributed by atoms with Crippen molar-refractivity contribution >= 4 is 5.91 Å². The molecular formula is C14H26N2O. The Morgan fingerprint density at radius 2 is 1.88 bits per heavy atom. The molecule has 3 nitrogen and oxygen atoms in total. The molecule has 98 valence electrons. The SMILES string of the molecule is CC1CCCC(C(=O)N2CCCCCC2C)N1. The molecule has 0 aliphatic carbocycles. The summed E-state index contributed by atoms with van der Waals surface area (Å²) in [5.74, 6) is 0.353. The number of carbonyl (C=O) groups excluding carboxylic acids is 1.